The summed E-state index contributed by atoms with van der Waals surface area (Å²) in [6.45, 7) is 5.00. The molecule has 0 radical (unpaired) electrons. The summed E-state index contributed by atoms with van der Waals surface area (Å²) in [4.78, 5) is 34.3. The van der Waals surface area contributed by atoms with Gasteiger partial charge in [-0.2, -0.15) is 0 Å². The largest absolute Gasteiger partial charge is 0.481 e. The zero-order chi connectivity index (χ0) is 24.8. The molecule has 3 heterocycles. The summed E-state index contributed by atoms with van der Waals surface area (Å²) in [5, 5.41) is 6.43. The van der Waals surface area contributed by atoms with Gasteiger partial charge in [0.15, 0.2) is 0 Å². The summed E-state index contributed by atoms with van der Waals surface area (Å²) >= 11 is 0. The van der Waals surface area contributed by atoms with Crippen LogP contribution in [0.5, 0.6) is 5.88 Å². The molecule has 2 aromatic rings. The van der Waals surface area contributed by atoms with Crippen LogP contribution in [0.25, 0.3) is 6.08 Å². The normalized spacial score (nSPS) is 21.9. The van der Waals surface area contributed by atoms with E-state index in [-0.39, 0.29) is 18.3 Å². The average Bonchev–Trinajstić information content (AvgIpc) is 2.85. The highest BCUT2D eigenvalue weighted by atomic mass is 16.5. The Labute approximate surface area is 206 Å². The topological polar surface area (TPSA) is 102 Å². The van der Waals surface area contributed by atoms with Gasteiger partial charge < -0.3 is 20.1 Å². The fourth-order valence-corrected chi connectivity index (χ4v) is 4.78. The van der Waals surface area contributed by atoms with Crippen LogP contribution in [-0.4, -0.2) is 42.1 Å². The van der Waals surface area contributed by atoms with Crippen LogP contribution in [0.3, 0.4) is 0 Å². The number of fused-ring (bicyclic) bond motifs is 1. The Morgan fingerprint density at radius 1 is 1.29 bits per heavy atom. The van der Waals surface area contributed by atoms with Gasteiger partial charge in [-0.05, 0) is 61.8 Å². The number of carbonyl (C=O) groups excluding carboxylic acids is 2. The highest BCUT2D eigenvalue weighted by Crippen LogP contribution is 2.47. The molecule has 0 bridgehead atoms. The maximum atomic E-state index is 13.2. The number of amides is 1. The minimum atomic E-state index is -0.515. The van der Waals surface area contributed by atoms with Crippen LogP contribution in [0.2, 0.25) is 0 Å². The van der Waals surface area contributed by atoms with E-state index in [2.05, 4.69) is 33.8 Å². The monoisotopic (exact) mass is 478 g/mol. The number of nitrogens with one attached hydrogen (secondary N) is 2. The lowest BCUT2D eigenvalue weighted by atomic mass is 9.62. The summed E-state index contributed by atoms with van der Waals surface area (Å²) in [6.07, 6.45) is 9.56. The van der Waals surface area contributed by atoms with Gasteiger partial charge in [-0.25, -0.2) is 9.97 Å². The van der Waals surface area contributed by atoms with Crippen molar-refractivity contribution in [3.8, 4) is 5.88 Å². The molecule has 1 aliphatic heterocycles. The standard InChI is InChI=1S/C27H34N4O4/c1-4-35-24(32)14-22(20-9-12-23(34-3)29-17-20)31-26(33)27(2)15-18(16-27)7-10-21-11-8-19-6-5-13-28-25(19)30-21/h7-12,17-18,22H,4-6,13-16H2,1-3H3,(H,28,30)(H,31,33)/b10-7+/t18?,22-,27?/m0/s1. The van der Waals surface area contributed by atoms with Gasteiger partial charge in [-0.15, -0.1) is 0 Å². The fraction of sp³-hybridized carbons (Fsp3) is 0.481. The minimum Gasteiger partial charge on any atom is -0.481 e. The molecule has 8 heteroatoms. The molecular formula is C27H34N4O4. The van der Waals surface area contributed by atoms with Crippen LogP contribution in [0, 0.1) is 11.3 Å². The van der Waals surface area contributed by atoms with Crippen molar-refractivity contribution in [3.05, 3.63) is 53.4 Å². The first kappa shape index (κ1) is 24.7. The number of esters is 1. The summed E-state index contributed by atoms with van der Waals surface area (Å²) in [6, 6.07) is 7.21. The number of hydrogen-bond donors (Lipinski definition) is 2. The predicted molar refractivity (Wildman–Crippen MR) is 134 cm³/mol. The van der Waals surface area contributed by atoms with Gasteiger partial charge >= 0.3 is 5.97 Å². The molecule has 0 saturated heterocycles. The Hall–Kier alpha value is -3.42. The number of carbonyl (C=O) groups is 2. The SMILES string of the molecule is CCOC(=O)C[C@H](NC(=O)C1(C)CC(/C=C/c2ccc3c(n2)NCCC3)C1)c1ccc(OC)nc1. The van der Waals surface area contributed by atoms with E-state index in [1.807, 2.05) is 19.1 Å². The van der Waals surface area contributed by atoms with E-state index in [1.54, 1.807) is 26.3 Å². The first-order valence-electron chi connectivity index (χ1n) is 12.3. The van der Waals surface area contributed by atoms with Crippen molar-refractivity contribution in [2.75, 3.05) is 25.6 Å². The van der Waals surface area contributed by atoms with Crippen LogP contribution < -0.4 is 15.4 Å². The van der Waals surface area contributed by atoms with Crippen molar-refractivity contribution in [2.24, 2.45) is 11.3 Å². The summed E-state index contributed by atoms with van der Waals surface area (Å²) < 4.78 is 10.2. The summed E-state index contributed by atoms with van der Waals surface area (Å²) in [5.74, 6) is 1.34. The number of anilines is 1. The van der Waals surface area contributed by atoms with Crippen molar-refractivity contribution in [1.82, 2.24) is 15.3 Å². The molecular weight excluding hydrogens is 444 g/mol. The molecule has 0 unspecified atom stereocenters. The highest BCUT2D eigenvalue weighted by molar-refractivity contribution is 5.84. The lowest BCUT2D eigenvalue weighted by Crippen LogP contribution is -2.48. The number of allylic oxidation sites excluding steroid dienone is 1. The number of aromatic nitrogens is 2. The van der Waals surface area contributed by atoms with E-state index in [0.717, 1.165) is 49.3 Å². The van der Waals surface area contributed by atoms with Gasteiger partial charge in [0.1, 0.15) is 5.82 Å². The molecule has 0 aromatic carbocycles. The number of methoxy groups -OCH3 is 1. The van der Waals surface area contributed by atoms with Crippen molar-refractivity contribution in [3.63, 3.8) is 0 Å². The van der Waals surface area contributed by atoms with Crippen LogP contribution in [0.1, 0.15) is 62.4 Å². The third-order valence-corrected chi connectivity index (χ3v) is 6.78. The van der Waals surface area contributed by atoms with Crippen molar-refractivity contribution in [1.29, 1.82) is 0 Å². The maximum Gasteiger partial charge on any atom is 0.308 e. The Balaban J connectivity index is 1.37. The second kappa shape index (κ2) is 10.9. The quantitative estimate of drug-likeness (QED) is 0.524. The molecule has 2 aliphatic rings. The van der Waals surface area contributed by atoms with Gasteiger partial charge in [-0.1, -0.05) is 25.1 Å². The summed E-state index contributed by atoms with van der Waals surface area (Å²) in [7, 11) is 1.54. The smallest absolute Gasteiger partial charge is 0.308 e. The molecule has 186 valence electrons. The van der Waals surface area contributed by atoms with Gasteiger partial charge in [0.05, 0.1) is 31.9 Å². The third-order valence-electron chi connectivity index (χ3n) is 6.78. The van der Waals surface area contributed by atoms with E-state index in [4.69, 9.17) is 14.5 Å². The first-order chi connectivity index (χ1) is 16.9. The van der Waals surface area contributed by atoms with E-state index < -0.39 is 11.5 Å². The molecule has 8 nitrogen and oxygen atoms in total. The van der Waals surface area contributed by atoms with Gasteiger partial charge in [0.2, 0.25) is 11.8 Å². The second-order valence-electron chi connectivity index (χ2n) is 9.53. The van der Waals surface area contributed by atoms with Gasteiger partial charge in [-0.3, -0.25) is 9.59 Å². The average molecular weight is 479 g/mol. The second-order valence-corrected chi connectivity index (χ2v) is 9.53. The molecule has 2 N–H and O–H groups in total. The van der Waals surface area contributed by atoms with Crippen molar-refractivity contribution in [2.45, 2.75) is 52.0 Å². The molecule has 1 saturated carbocycles. The Morgan fingerprint density at radius 2 is 2.11 bits per heavy atom. The maximum absolute atomic E-state index is 13.2. The van der Waals surface area contributed by atoms with Crippen molar-refractivity contribution < 1.29 is 19.1 Å². The molecule has 2 aromatic heterocycles. The van der Waals surface area contributed by atoms with Gasteiger partial charge in [0, 0.05) is 24.2 Å². The van der Waals surface area contributed by atoms with Crippen LogP contribution in [0.4, 0.5) is 5.82 Å². The van der Waals surface area contributed by atoms with Crippen molar-refractivity contribution >= 4 is 23.8 Å². The number of pyridine rings is 2. The zero-order valence-corrected chi connectivity index (χ0v) is 20.7. The molecule has 1 atom stereocenters. The lowest BCUT2D eigenvalue weighted by Gasteiger charge is -2.43. The van der Waals surface area contributed by atoms with Crippen LogP contribution in [0.15, 0.2) is 36.5 Å². The molecule has 1 fully saturated rings. The van der Waals surface area contributed by atoms with Crippen LogP contribution in [-0.2, 0) is 20.7 Å². The Bertz CT molecular complexity index is 1080. The Kier molecular flexibility index (Phi) is 7.68. The number of ether oxygens (including phenoxy) is 2. The van der Waals surface area contributed by atoms with Gasteiger partial charge in [0.25, 0.3) is 0 Å². The number of aryl methyl sites for hydroxylation is 1. The predicted octanol–water partition coefficient (Wildman–Crippen LogP) is 4.08. The fourth-order valence-electron chi connectivity index (χ4n) is 4.78. The number of nitrogens with zero attached hydrogens (tertiary/aromatic N) is 2. The van der Waals surface area contributed by atoms with E-state index in [9.17, 15) is 9.59 Å². The summed E-state index contributed by atoms with van der Waals surface area (Å²) in [5.41, 5.74) is 2.44. The van der Waals surface area contributed by atoms with E-state index >= 15 is 0 Å². The van der Waals surface area contributed by atoms with Crippen LogP contribution >= 0.6 is 0 Å². The molecule has 1 aliphatic carbocycles. The minimum absolute atomic E-state index is 0.0467. The third kappa shape index (κ3) is 5.99. The number of hydrogen-bond acceptors (Lipinski definition) is 7. The first-order valence-corrected chi connectivity index (χ1v) is 12.3. The zero-order valence-electron chi connectivity index (χ0n) is 20.7. The molecule has 0 spiro atoms. The highest BCUT2D eigenvalue weighted by Gasteiger charge is 2.45. The Morgan fingerprint density at radius 3 is 2.83 bits per heavy atom. The molecule has 1 amide bonds. The van der Waals surface area contributed by atoms with E-state index in [0.29, 0.717) is 18.4 Å². The molecule has 4 rings (SSSR count). The lowest BCUT2D eigenvalue weighted by molar-refractivity contribution is -0.144. The van der Waals surface area contributed by atoms with E-state index in [1.165, 1.54) is 5.56 Å². The molecule has 35 heavy (non-hydrogen) atoms. The number of rotatable bonds is 9.